The van der Waals surface area contributed by atoms with Crippen LogP contribution in [0.5, 0.6) is 0 Å². The van der Waals surface area contributed by atoms with Crippen LogP contribution < -0.4 is 9.62 Å². The summed E-state index contributed by atoms with van der Waals surface area (Å²) in [6.45, 7) is 6.81. The standard InChI is InChI=1S/C20H25N5O3S/c1-20(2,3)15-6-4-14(5-7-15)13-29(27,28)24-17-11-25(12-18(17)26)19-9-8-16(10-21)22-23-19/h4-9,17-18,24,26H,11-13H2,1-3H3/t17-,18+/m0/s1. The predicted octanol–water partition coefficient (Wildman–Crippen LogP) is 1.31. The molecule has 0 unspecified atom stereocenters. The Hall–Kier alpha value is -2.54. The number of nitrogens with zero attached hydrogens (tertiary/aromatic N) is 4. The minimum Gasteiger partial charge on any atom is -0.390 e. The third-order valence-corrected chi connectivity index (χ3v) is 6.26. The predicted molar refractivity (Wildman–Crippen MR) is 110 cm³/mol. The summed E-state index contributed by atoms with van der Waals surface area (Å²) in [6, 6.07) is 11.9. The molecule has 2 N–H and O–H groups in total. The fourth-order valence-corrected chi connectivity index (χ4v) is 4.64. The van der Waals surface area contributed by atoms with E-state index in [2.05, 4.69) is 35.7 Å². The lowest BCUT2D eigenvalue weighted by molar-refractivity contribution is 0.174. The normalized spacial score (nSPS) is 19.9. The van der Waals surface area contributed by atoms with E-state index in [-0.39, 0.29) is 30.0 Å². The maximum atomic E-state index is 12.6. The Morgan fingerprint density at radius 2 is 1.86 bits per heavy atom. The molecule has 0 aliphatic carbocycles. The van der Waals surface area contributed by atoms with Crippen molar-refractivity contribution in [2.45, 2.75) is 44.1 Å². The van der Waals surface area contributed by atoms with E-state index in [1.807, 2.05) is 30.3 Å². The average Bonchev–Trinajstić information content (AvgIpc) is 3.01. The minimum atomic E-state index is -3.63. The van der Waals surface area contributed by atoms with Gasteiger partial charge in [0.1, 0.15) is 6.07 Å². The van der Waals surface area contributed by atoms with Crippen molar-refractivity contribution in [2.24, 2.45) is 0 Å². The van der Waals surface area contributed by atoms with Crippen molar-refractivity contribution in [2.75, 3.05) is 18.0 Å². The summed E-state index contributed by atoms with van der Waals surface area (Å²) >= 11 is 0. The van der Waals surface area contributed by atoms with Crippen molar-refractivity contribution in [1.29, 1.82) is 5.26 Å². The van der Waals surface area contributed by atoms with Gasteiger partial charge in [-0.05, 0) is 28.7 Å². The van der Waals surface area contributed by atoms with Gasteiger partial charge in [-0.1, -0.05) is 45.0 Å². The van der Waals surface area contributed by atoms with E-state index in [9.17, 15) is 13.5 Å². The van der Waals surface area contributed by atoms with Gasteiger partial charge < -0.3 is 10.0 Å². The van der Waals surface area contributed by atoms with E-state index in [1.165, 1.54) is 6.07 Å². The monoisotopic (exact) mass is 415 g/mol. The van der Waals surface area contributed by atoms with Crippen molar-refractivity contribution in [3.8, 4) is 6.07 Å². The Balaban J connectivity index is 1.64. The number of hydrogen-bond acceptors (Lipinski definition) is 7. The topological polar surface area (TPSA) is 119 Å². The van der Waals surface area contributed by atoms with Gasteiger partial charge in [0, 0.05) is 13.1 Å². The fraction of sp³-hybridized carbons (Fsp3) is 0.450. The molecule has 9 heteroatoms. The summed E-state index contributed by atoms with van der Waals surface area (Å²) in [6.07, 6.45) is -0.870. The summed E-state index contributed by atoms with van der Waals surface area (Å²) in [4.78, 5) is 1.74. The molecule has 2 heterocycles. The number of rotatable bonds is 5. The molecule has 1 aromatic carbocycles. The number of hydrogen-bond donors (Lipinski definition) is 2. The fourth-order valence-electron chi connectivity index (χ4n) is 3.24. The van der Waals surface area contributed by atoms with Gasteiger partial charge in [0.25, 0.3) is 0 Å². The second-order valence-corrected chi connectivity index (χ2v) is 10.0. The van der Waals surface area contributed by atoms with Gasteiger partial charge in [-0.3, -0.25) is 0 Å². The molecule has 3 rings (SSSR count). The van der Waals surface area contributed by atoms with E-state index in [0.717, 1.165) is 5.56 Å². The van der Waals surface area contributed by atoms with Crippen molar-refractivity contribution < 1.29 is 13.5 Å². The highest BCUT2D eigenvalue weighted by Gasteiger charge is 2.35. The molecule has 1 aliphatic heterocycles. The molecular weight excluding hydrogens is 390 g/mol. The number of aliphatic hydroxyl groups excluding tert-OH is 1. The number of benzene rings is 1. The van der Waals surface area contributed by atoms with Crippen LogP contribution in [-0.4, -0.2) is 49.0 Å². The third-order valence-electron chi connectivity index (χ3n) is 4.89. The second kappa shape index (κ2) is 8.06. The first kappa shape index (κ1) is 21.2. The summed E-state index contributed by atoms with van der Waals surface area (Å²) in [7, 11) is -3.63. The highest BCUT2D eigenvalue weighted by molar-refractivity contribution is 7.88. The molecule has 8 nitrogen and oxygen atoms in total. The van der Waals surface area contributed by atoms with E-state index >= 15 is 0 Å². The Morgan fingerprint density at radius 1 is 1.17 bits per heavy atom. The van der Waals surface area contributed by atoms with E-state index in [1.54, 1.807) is 11.0 Å². The number of aliphatic hydroxyl groups is 1. The summed E-state index contributed by atoms with van der Waals surface area (Å²) in [5, 5.41) is 26.8. The molecule has 0 bridgehead atoms. The SMILES string of the molecule is CC(C)(C)c1ccc(CS(=O)(=O)N[C@H]2CN(c3ccc(C#N)nn3)C[C@H]2O)cc1. The molecule has 1 aliphatic rings. The number of sulfonamides is 1. The lowest BCUT2D eigenvalue weighted by atomic mass is 9.87. The molecule has 0 spiro atoms. The zero-order valence-electron chi connectivity index (χ0n) is 16.7. The van der Waals surface area contributed by atoms with Crippen LogP contribution in [0.4, 0.5) is 5.82 Å². The maximum Gasteiger partial charge on any atom is 0.216 e. The van der Waals surface area contributed by atoms with Crippen molar-refractivity contribution in [3.05, 3.63) is 53.2 Å². The van der Waals surface area contributed by atoms with Crippen LogP contribution in [0, 0.1) is 11.3 Å². The first-order valence-corrected chi connectivity index (χ1v) is 11.0. The third kappa shape index (κ3) is 5.29. The molecule has 2 atom stereocenters. The molecule has 1 saturated heterocycles. The molecule has 29 heavy (non-hydrogen) atoms. The van der Waals surface area contributed by atoms with Crippen LogP contribution in [-0.2, 0) is 21.2 Å². The van der Waals surface area contributed by atoms with Crippen LogP contribution in [0.15, 0.2) is 36.4 Å². The largest absolute Gasteiger partial charge is 0.390 e. The summed E-state index contributed by atoms with van der Waals surface area (Å²) in [5.74, 6) is 0.333. The van der Waals surface area contributed by atoms with Crippen LogP contribution in [0.25, 0.3) is 0 Å². The average molecular weight is 416 g/mol. The van der Waals surface area contributed by atoms with Gasteiger partial charge in [0.15, 0.2) is 11.5 Å². The zero-order valence-corrected chi connectivity index (χ0v) is 17.5. The number of β-amino-alcohol motifs (C(OH)–C–C–N with tert-alkyl or cyclic N) is 1. The number of nitriles is 1. The number of aromatic nitrogens is 2. The van der Waals surface area contributed by atoms with Crippen LogP contribution in [0.3, 0.4) is 0 Å². The zero-order chi connectivity index (χ0) is 21.2. The van der Waals surface area contributed by atoms with Crippen LogP contribution in [0.2, 0.25) is 0 Å². The second-order valence-electron chi connectivity index (χ2n) is 8.29. The highest BCUT2D eigenvalue weighted by Crippen LogP contribution is 2.23. The molecule has 1 aromatic heterocycles. The van der Waals surface area contributed by atoms with Gasteiger partial charge in [-0.15, -0.1) is 10.2 Å². The molecule has 0 radical (unpaired) electrons. The Labute approximate surface area is 171 Å². The minimum absolute atomic E-state index is 0.00139. The first-order valence-electron chi connectivity index (χ1n) is 9.34. The molecule has 0 amide bonds. The van der Waals surface area contributed by atoms with Crippen LogP contribution in [0.1, 0.15) is 37.6 Å². The van der Waals surface area contributed by atoms with E-state index in [0.29, 0.717) is 11.4 Å². The van der Waals surface area contributed by atoms with E-state index in [4.69, 9.17) is 5.26 Å². The molecule has 154 valence electrons. The Bertz CT molecular complexity index is 992. The van der Waals surface area contributed by atoms with Gasteiger partial charge in [-0.2, -0.15) is 5.26 Å². The maximum absolute atomic E-state index is 12.6. The molecular formula is C20H25N5O3S. The molecule has 1 fully saturated rings. The Morgan fingerprint density at radius 3 is 2.41 bits per heavy atom. The van der Waals surface area contributed by atoms with Gasteiger partial charge in [0.05, 0.1) is 17.9 Å². The van der Waals surface area contributed by atoms with Crippen molar-refractivity contribution >= 4 is 15.8 Å². The number of anilines is 1. The molecule has 0 saturated carbocycles. The molecule has 2 aromatic rings. The van der Waals surface area contributed by atoms with E-state index < -0.39 is 22.2 Å². The van der Waals surface area contributed by atoms with Gasteiger partial charge >= 0.3 is 0 Å². The highest BCUT2D eigenvalue weighted by atomic mass is 32.2. The first-order chi connectivity index (χ1) is 13.6. The quantitative estimate of drug-likeness (QED) is 0.756. The lowest BCUT2D eigenvalue weighted by Crippen LogP contribution is -2.43. The Kier molecular flexibility index (Phi) is 5.89. The summed E-state index contributed by atoms with van der Waals surface area (Å²) < 4.78 is 27.8. The van der Waals surface area contributed by atoms with Crippen molar-refractivity contribution in [3.63, 3.8) is 0 Å². The number of nitrogens with one attached hydrogen (secondary N) is 1. The smallest absolute Gasteiger partial charge is 0.216 e. The van der Waals surface area contributed by atoms with Gasteiger partial charge in [0.2, 0.25) is 10.0 Å². The lowest BCUT2D eigenvalue weighted by Gasteiger charge is -2.19. The van der Waals surface area contributed by atoms with Crippen LogP contribution >= 0.6 is 0 Å². The van der Waals surface area contributed by atoms with Crippen molar-refractivity contribution in [1.82, 2.24) is 14.9 Å². The summed E-state index contributed by atoms with van der Waals surface area (Å²) in [5.41, 5.74) is 2.02. The van der Waals surface area contributed by atoms with Gasteiger partial charge in [-0.25, -0.2) is 13.1 Å².